The molecule has 1 saturated heterocycles. The summed E-state index contributed by atoms with van der Waals surface area (Å²) in [4.78, 5) is 4.70. The minimum atomic E-state index is -1.89. The van der Waals surface area contributed by atoms with Crippen molar-refractivity contribution in [2.45, 2.75) is 24.9 Å². The normalized spacial score (nSPS) is 22.5. The number of nitrogens with zero attached hydrogens (tertiary/aromatic N) is 5. The van der Waals surface area contributed by atoms with Crippen LogP contribution in [0.4, 0.5) is 17.3 Å². The maximum atomic E-state index is 11.3. The highest BCUT2D eigenvalue weighted by molar-refractivity contribution is 14.1. The quantitative estimate of drug-likeness (QED) is 0.198. The van der Waals surface area contributed by atoms with Crippen molar-refractivity contribution in [3.8, 4) is 11.3 Å². The summed E-state index contributed by atoms with van der Waals surface area (Å²) in [6.07, 6.45) is 1.74. The average Bonchev–Trinajstić information content (AvgIpc) is 3.39. The fourth-order valence-electron chi connectivity index (χ4n) is 4.15. The van der Waals surface area contributed by atoms with Gasteiger partial charge in [-0.1, -0.05) is 23.8 Å². The summed E-state index contributed by atoms with van der Waals surface area (Å²) in [6, 6.07) is 11.8. The Morgan fingerprint density at radius 2 is 2.00 bits per heavy atom. The van der Waals surface area contributed by atoms with Crippen molar-refractivity contribution in [1.29, 1.82) is 0 Å². The van der Waals surface area contributed by atoms with Crippen LogP contribution in [-0.4, -0.2) is 59.5 Å². The maximum Gasteiger partial charge on any atom is 0.229 e. The van der Waals surface area contributed by atoms with E-state index in [0.717, 1.165) is 22.6 Å². The molecule has 12 heteroatoms. The number of hydrogen-bond acceptors (Lipinski definition) is 9. The van der Waals surface area contributed by atoms with Gasteiger partial charge in [0.25, 0.3) is 0 Å². The maximum absolute atomic E-state index is 11.3. The van der Waals surface area contributed by atoms with E-state index in [0.29, 0.717) is 22.5 Å². The summed E-state index contributed by atoms with van der Waals surface area (Å²) in [5, 5.41) is 38.2. The molecular formula is C23H26IN7O4. The van der Waals surface area contributed by atoms with Crippen LogP contribution in [0.15, 0.2) is 42.6 Å². The van der Waals surface area contributed by atoms with Crippen molar-refractivity contribution in [3.63, 3.8) is 0 Å². The van der Waals surface area contributed by atoms with E-state index in [1.807, 2.05) is 38.2 Å². The van der Waals surface area contributed by atoms with Gasteiger partial charge in [-0.3, -0.25) is 12.4 Å². The van der Waals surface area contributed by atoms with E-state index in [9.17, 15) is 10.2 Å². The highest BCUT2D eigenvalue weighted by Gasteiger charge is 2.54. The van der Waals surface area contributed by atoms with Crippen molar-refractivity contribution < 1.29 is 18.0 Å². The second-order valence-electron chi connectivity index (χ2n) is 8.74. The molecule has 3 aromatic heterocycles. The highest BCUT2D eigenvalue weighted by Crippen LogP contribution is 2.37. The van der Waals surface area contributed by atoms with E-state index in [1.165, 1.54) is 0 Å². The topological polar surface area (TPSA) is 132 Å². The number of aromatic nitrogens is 5. The number of hydrogen-bond donors (Lipinski definition) is 4. The SMILES string of the molecule is Cc1cccc(-c2cc(Nc3cc(N[C@@]4(O)COCC[C@]4(O)OI)c4cnn(C)c4n3)n(C)n2)c1. The fourth-order valence-corrected chi connectivity index (χ4v) is 4.74. The average molecular weight is 591 g/mol. The van der Waals surface area contributed by atoms with Crippen LogP contribution in [-0.2, 0) is 21.9 Å². The summed E-state index contributed by atoms with van der Waals surface area (Å²) >= 11 is 1.59. The van der Waals surface area contributed by atoms with Gasteiger partial charge in [-0.2, -0.15) is 10.2 Å². The molecule has 1 aliphatic heterocycles. The lowest BCUT2D eigenvalue weighted by atomic mass is 9.97. The first-order valence-corrected chi connectivity index (χ1v) is 11.9. The van der Waals surface area contributed by atoms with E-state index in [-0.39, 0.29) is 19.6 Å². The zero-order valence-electron chi connectivity index (χ0n) is 19.5. The largest absolute Gasteiger partial charge is 0.376 e. The van der Waals surface area contributed by atoms with Crippen molar-refractivity contribution >= 4 is 51.4 Å². The molecule has 0 saturated carbocycles. The summed E-state index contributed by atoms with van der Waals surface area (Å²) in [5.74, 6) is -0.614. The molecule has 0 spiro atoms. The molecule has 0 bridgehead atoms. The predicted octanol–water partition coefficient (Wildman–Crippen LogP) is 3.00. The molecule has 1 fully saturated rings. The van der Waals surface area contributed by atoms with Crippen LogP contribution in [0.1, 0.15) is 12.0 Å². The van der Waals surface area contributed by atoms with E-state index in [4.69, 9.17) is 12.8 Å². The Morgan fingerprint density at radius 3 is 2.77 bits per heavy atom. The van der Waals surface area contributed by atoms with Crippen molar-refractivity contribution in [1.82, 2.24) is 24.5 Å². The monoisotopic (exact) mass is 591 g/mol. The number of aryl methyl sites for hydroxylation is 3. The van der Waals surface area contributed by atoms with Crippen LogP contribution >= 0.6 is 23.0 Å². The first kappa shape index (κ1) is 23.9. The Balaban J connectivity index is 1.51. The number of pyridine rings is 1. The number of aliphatic hydroxyl groups is 2. The number of fused-ring (bicyclic) bond motifs is 1. The Kier molecular flexibility index (Phi) is 6.17. The van der Waals surface area contributed by atoms with E-state index in [1.54, 1.807) is 51.7 Å². The molecule has 4 heterocycles. The molecular weight excluding hydrogens is 565 g/mol. The van der Waals surface area contributed by atoms with Crippen molar-refractivity contribution in [3.05, 3.63) is 48.2 Å². The van der Waals surface area contributed by atoms with E-state index >= 15 is 0 Å². The van der Waals surface area contributed by atoms with Crippen molar-refractivity contribution in [2.24, 2.45) is 14.1 Å². The zero-order valence-corrected chi connectivity index (χ0v) is 21.6. The second kappa shape index (κ2) is 9.02. The Labute approximate surface area is 215 Å². The van der Waals surface area contributed by atoms with Crippen molar-refractivity contribution in [2.75, 3.05) is 23.8 Å². The molecule has 0 amide bonds. The van der Waals surface area contributed by atoms with Gasteiger partial charge in [0.05, 0.1) is 36.2 Å². The van der Waals surface area contributed by atoms with Gasteiger partial charge in [-0.25, -0.2) is 4.98 Å². The smallest absolute Gasteiger partial charge is 0.229 e. The second-order valence-corrected chi connectivity index (χ2v) is 9.18. The summed E-state index contributed by atoms with van der Waals surface area (Å²) < 4.78 is 14.1. The molecule has 11 nitrogen and oxygen atoms in total. The van der Waals surface area contributed by atoms with Gasteiger partial charge in [-0.15, -0.1) is 0 Å². The van der Waals surface area contributed by atoms with Crippen LogP contribution in [0.3, 0.4) is 0 Å². The van der Waals surface area contributed by atoms with Gasteiger partial charge in [0.15, 0.2) is 5.65 Å². The fraction of sp³-hybridized carbons (Fsp3) is 0.348. The van der Waals surface area contributed by atoms with Crippen LogP contribution in [0.25, 0.3) is 22.3 Å². The van der Waals surface area contributed by atoms with Crippen LogP contribution in [0.5, 0.6) is 0 Å². The lowest BCUT2D eigenvalue weighted by molar-refractivity contribution is -0.277. The minimum absolute atomic E-state index is 0.0998. The number of ether oxygens (including phenoxy) is 1. The van der Waals surface area contributed by atoms with Crippen LogP contribution < -0.4 is 10.6 Å². The number of rotatable bonds is 6. The highest BCUT2D eigenvalue weighted by atomic mass is 127. The Bertz CT molecular complexity index is 1390. The molecule has 1 aromatic carbocycles. The molecule has 1 aliphatic rings. The number of nitrogens with one attached hydrogen (secondary N) is 2. The molecule has 184 valence electrons. The molecule has 2 atom stereocenters. The molecule has 0 unspecified atom stereocenters. The number of halogens is 1. The first-order chi connectivity index (χ1) is 16.7. The first-order valence-electron chi connectivity index (χ1n) is 11.0. The van der Waals surface area contributed by atoms with Gasteiger partial charge < -0.3 is 25.6 Å². The van der Waals surface area contributed by atoms with Crippen LogP contribution in [0.2, 0.25) is 0 Å². The lowest BCUT2D eigenvalue weighted by Gasteiger charge is -2.44. The van der Waals surface area contributed by atoms with E-state index in [2.05, 4.69) is 26.9 Å². The molecule has 4 aromatic rings. The summed E-state index contributed by atoms with van der Waals surface area (Å²) in [7, 11) is 3.63. The minimum Gasteiger partial charge on any atom is -0.376 e. The number of benzene rings is 1. The van der Waals surface area contributed by atoms with Gasteiger partial charge in [0, 0.05) is 38.2 Å². The molecule has 35 heavy (non-hydrogen) atoms. The standard InChI is InChI=1S/C23H26IN7O4/c1-14-5-4-6-15(9-14)17-11-20(30(2)29-17)26-19-10-18(16-12-25-31(3)21(16)27-19)28-22(32)13-34-8-7-23(22,33)35-24/h4-6,9-12,32-33H,7-8,13H2,1-3H3,(H2,26,27,28)/t22-,23+/m1/s1. The van der Waals surface area contributed by atoms with Gasteiger partial charge >= 0.3 is 0 Å². The molecule has 5 rings (SSSR count). The zero-order chi connectivity index (χ0) is 24.8. The number of anilines is 3. The predicted molar refractivity (Wildman–Crippen MR) is 139 cm³/mol. The molecule has 4 N–H and O–H groups in total. The Morgan fingerprint density at radius 1 is 1.17 bits per heavy atom. The molecule has 0 aliphatic carbocycles. The van der Waals surface area contributed by atoms with Crippen LogP contribution in [0, 0.1) is 6.92 Å². The van der Waals surface area contributed by atoms with E-state index < -0.39 is 11.5 Å². The third-order valence-corrected chi connectivity index (χ3v) is 6.89. The summed E-state index contributed by atoms with van der Waals surface area (Å²) in [6.45, 7) is 2.14. The van der Waals surface area contributed by atoms with Gasteiger partial charge in [0.1, 0.15) is 34.6 Å². The lowest BCUT2D eigenvalue weighted by Crippen LogP contribution is -2.65. The van der Waals surface area contributed by atoms with Gasteiger partial charge in [0.2, 0.25) is 11.5 Å². The van der Waals surface area contributed by atoms with Gasteiger partial charge in [-0.05, 0) is 13.0 Å². The summed E-state index contributed by atoms with van der Waals surface area (Å²) in [5.41, 5.74) is 2.20. The third-order valence-electron chi connectivity index (χ3n) is 6.17. The third kappa shape index (κ3) is 4.36. The Hall–Kier alpha value is -2.78. The molecule has 0 radical (unpaired) electrons.